The van der Waals surface area contributed by atoms with Gasteiger partial charge >= 0.3 is 5.97 Å². The first kappa shape index (κ1) is 13.7. The van der Waals surface area contributed by atoms with Gasteiger partial charge in [0.2, 0.25) is 5.91 Å². The van der Waals surface area contributed by atoms with Crippen LogP contribution in [-0.2, 0) is 16.0 Å². The van der Waals surface area contributed by atoms with Crippen LogP contribution >= 0.6 is 22.7 Å². The van der Waals surface area contributed by atoms with Crippen LogP contribution in [0.1, 0.15) is 12.6 Å². The molecule has 0 bridgehead atoms. The molecule has 1 atom stereocenters. The maximum Gasteiger partial charge on any atom is 0.325 e. The van der Waals surface area contributed by atoms with Gasteiger partial charge in [-0.1, -0.05) is 0 Å². The van der Waals surface area contributed by atoms with Crippen LogP contribution in [0.4, 0.5) is 0 Å². The van der Waals surface area contributed by atoms with Gasteiger partial charge < -0.3 is 10.4 Å². The van der Waals surface area contributed by atoms with Crippen LogP contribution < -0.4 is 5.32 Å². The quantitative estimate of drug-likeness (QED) is 0.884. The number of thiazole rings is 1. The molecule has 2 heterocycles. The van der Waals surface area contributed by atoms with E-state index < -0.39 is 12.0 Å². The highest BCUT2D eigenvalue weighted by molar-refractivity contribution is 7.14. The first-order valence-electron chi connectivity index (χ1n) is 5.55. The maximum atomic E-state index is 11.6. The lowest BCUT2D eigenvalue weighted by Gasteiger charge is -2.07. The number of aromatic nitrogens is 1. The summed E-state index contributed by atoms with van der Waals surface area (Å²) in [5, 5.41) is 17.8. The minimum atomic E-state index is -1.05. The number of hydrogen-bond acceptors (Lipinski definition) is 5. The van der Waals surface area contributed by atoms with Crippen LogP contribution in [0.2, 0.25) is 0 Å². The fourth-order valence-corrected chi connectivity index (χ4v) is 2.96. The standard InChI is InChI=1S/C12H12N2O3S2/c1-7(12(16)17)13-10(15)4-9-6-19-11(14-9)8-2-3-18-5-8/h2-3,5-7H,4H2,1H3,(H,13,15)(H,16,17)/t7-/m0/s1. The molecule has 2 aromatic heterocycles. The molecule has 0 spiro atoms. The highest BCUT2D eigenvalue weighted by Gasteiger charge is 2.15. The van der Waals surface area contributed by atoms with Crippen LogP contribution in [0.3, 0.4) is 0 Å². The van der Waals surface area contributed by atoms with Crippen molar-refractivity contribution in [2.24, 2.45) is 0 Å². The largest absolute Gasteiger partial charge is 0.480 e. The normalized spacial score (nSPS) is 12.1. The van der Waals surface area contributed by atoms with Gasteiger partial charge in [0.15, 0.2) is 0 Å². The number of aliphatic carboxylic acids is 1. The van der Waals surface area contributed by atoms with Crippen molar-refractivity contribution >= 4 is 34.6 Å². The molecule has 2 aromatic rings. The van der Waals surface area contributed by atoms with Crippen LogP contribution in [0.5, 0.6) is 0 Å². The summed E-state index contributed by atoms with van der Waals surface area (Å²) >= 11 is 3.07. The van der Waals surface area contributed by atoms with E-state index in [4.69, 9.17) is 5.11 Å². The van der Waals surface area contributed by atoms with Crippen molar-refractivity contribution in [3.8, 4) is 10.6 Å². The van der Waals surface area contributed by atoms with E-state index in [1.807, 2.05) is 22.2 Å². The number of carboxylic acid groups (broad SMARTS) is 1. The second kappa shape index (κ2) is 5.94. The minimum absolute atomic E-state index is 0.0955. The molecule has 2 rings (SSSR count). The Morgan fingerprint density at radius 1 is 1.47 bits per heavy atom. The predicted molar refractivity (Wildman–Crippen MR) is 74.4 cm³/mol. The third-order valence-electron chi connectivity index (χ3n) is 2.41. The summed E-state index contributed by atoms with van der Waals surface area (Å²) in [6.45, 7) is 1.43. The molecule has 0 saturated carbocycles. The lowest BCUT2D eigenvalue weighted by Crippen LogP contribution is -2.39. The van der Waals surface area contributed by atoms with Crippen molar-refractivity contribution in [3.63, 3.8) is 0 Å². The Kier molecular flexibility index (Phi) is 4.28. The monoisotopic (exact) mass is 296 g/mol. The number of carbonyl (C=O) groups is 2. The molecule has 0 fully saturated rings. The summed E-state index contributed by atoms with van der Waals surface area (Å²) in [5.74, 6) is -1.39. The third-order valence-corrected chi connectivity index (χ3v) is 4.03. The first-order chi connectivity index (χ1) is 9.06. The van der Waals surface area contributed by atoms with E-state index in [9.17, 15) is 9.59 Å². The van der Waals surface area contributed by atoms with Gasteiger partial charge in [0.1, 0.15) is 11.0 Å². The Balaban J connectivity index is 1.97. The number of carbonyl (C=O) groups excluding carboxylic acids is 1. The van der Waals surface area contributed by atoms with Gasteiger partial charge in [-0.3, -0.25) is 9.59 Å². The molecule has 100 valence electrons. The number of nitrogens with zero attached hydrogens (tertiary/aromatic N) is 1. The molecular weight excluding hydrogens is 284 g/mol. The van der Waals surface area contributed by atoms with Gasteiger partial charge in [-0.25, -0.2) is 4.98 Å². The number of nitrogens with one attached hydrogen (secondary N) is 1. The highest BCUT2D eigenvalue weighted by Crippen LogP contribution is 2.25. The molecule has 2 N–H and O–H groups in total. The average molecular weight is 296 g/mol. The van der Waals surface area contributed by atoms with Gasteiger partial charge in [0.25, 0.3) is 0 Å². The van der Waals surface area contributed by atoms with Gasteiger partial charge in [0, 0.05) is 16.3 Å². The number of amides is 1. The summed E-state index contributed by atoms with van der Waals surface area (Å²) in [5.41, 5.74) is 1.70. The van der Waals surface area contributed by atoms with Crippen molar-refractivity contribution in [2.75, 3.05) is 0 Å². The fourth-order valence-electron chi connectivity index (χ4n) is 1.43. The van der Waals surface area contributed by atoms with Crippen LogP contribution in [0.25, 0.3) is 10.6 Å². The van der Waals surface area contributed by atoms with Crippen molar-refractivity contribution in [3.05, 3.63) is 27.9 Å². The summed E-state index contributed by atoms with van der Waals surface area (Å²) in [4.78, 5) is 26.6. The Hall–Kier alpha value is -1.73. The molecule has 0 radical (unpaired) electrons. The number of carboxylic acids is 1. The number of thiophene rings is 1. The Bertz CT molecular complexity index is 578. The topological polar surface area (TPSA) is 79.3 Å². The molecule has 0 aliphatic carbocycles. The minimum Gasteiger partial charge on any atom is -0.480 e. The third kappa shape index (κ3) is 3.62. The molecule has 7 heteroatoms. The van der Waals surface area contributed by atoms with E-state index in [2.05, 4.69) is 10.3 Å². The van der Waals surface area contributed by atoms with Gasteiger partial charge in [0.05, 0.1) is 12.1 Å². The summed E-state index contributed by atoms with van der Waals surface area (Å²) < 4.78 is 0. The number of rotatable bonds is 5. The van der Waals surface area contributed by atoms with Gasteiger partial charge in [-0.15, -0.1) is 11.3 Å². The first-order valence-corrected chi connectivity index (χ1v) is 7.37. The Labute approximate surface area is 117 Å². The summed E-state index contributed by atoms with van der Waals surface area (Å²) in [6.07, 6.45) is 0.0955. The molecule has 5 nitrogen and oxygen atoms in total. The van der Waals surface area contributed by atoms with Crippen LogP contribution in [0.15, 0.2) is 22.2 Å². The average Bonchev–Trinajstić information content (AvgIpc) is 2.97. The van der Waals surface area contributed by atoms with Crippen molar-refractivity contribution in [1.29, 1.82) is 0 Å². The van der Waals surface area contributed by atoms with Gasteiger partial charge in [-0.2, -0.15) is 11.3 Å². The highest BCUT2D eigenvalue weighted by atomic mass is 32.1. The predicted octanol–water partition coefficient (Wildman–Crippen LogP) is 2.00. The zero-order chi connectivity index (χ0) is 13.8. The fraction of sp³-hybridized carbons (Fsp3) is 0.250. The molecule has 0 unspecified atom stereocenters. The molecule has 0 aliphatic heterocycles. The molecule has 0 aromatic carbocycles. The summed E-state index contributed by atoms with van der Waals surface area (Å²) in [6, 6.07) is 1.09. The zero-order valence-corrected chi connectivity index (χ0v) is 11.8. The molecule has 0 saturated heterocycles. The molecule has 1 amide bonds. The van der Waals surface area contributed by atoms with Crippen molar-refractivity contribution < 1.29 is 14.7 Å². The summed E-state index contributed by atoms with van der Waals surface area (Å²) in [7, 11) is 0. The van der Waals surface area contributed by atoms with E-state index in [1.54, 1.807) is 11.3 Å². The van der Waals surface area contributed by atoms with Crippen molar-refractivity contribution in [2.45, 2.75) is 19.4 Å². The van der Waals surface area contributed by atoms with E-state index in [0.717, 1.165) is 10.6 Å². The number of hydrogen-bond donors (Lipinski definition) is 2. The Morgan fingerprint density at radius 3 is 2.89 bits per heavy atom. The van der Waals surface area contributed by atoms with Crippen molar-refractivity contribution in [1.82, 2.24) is 10.3 Å². The van der Waals surface area contributed by atoms with E-state index >= 15 is 0 Å². The second-order valence-corrected chi connectivity index (χ2v) is 5.60. The van der Waals surface area contributed by atoms with E-state index in [-0.39, 0.29) is 12.3 Å². The van der Waals surface area contributed by atoms with E-state index in [1.165, 1.54) is 18.3 Å². The van der Waals surface area contributed by atoms with E-state index in [0.29, 0.717) is 5.69 Å². The van der Waals surface area contributed by atoms with Crippen LogP contribution in [0, 0.1) is 0 Å². The molecule has 19 heavy (non-hydrogen) atoms. The second-order valence-electron chi connectivity index (χ2n) is 3.96. The zero-order valence-electron chi connectivity index (χ0n) is 10.1. The lowest BCUT2D eigenvalue weighted by molar-refractivity contribution is -0.141. The smallest absolute Gasteiger partial charge is 0.325 e. The molecule has 0 aliphatic rings. The van der Waals surface area contributed by atoms with Gasteiger partial charge in [-0.05, 0) is 18.4 Å². The lowest BCUT2D eigenvalue weighted by atomic mass is 10.3. The van der Waals surface area contributed by atoms with Crippen LogP contribution in [-0.4, -0.2) is 28.0 Å². The maximum absolute atomic E-state index is 11.6. The molecular formula is C12H12N2O3S2. The Morgan fingerprint density at radius 2 is 2.26 bits per heavy atom. The SMILES string of the molecule is C[C@H](NC(=O)Cc1csc(-c2ccsc2)n1)C(=O)O.